The summed E-state index contributed by atoms with van der Waals surface area (Å²) in [5.74, 6) is -0.0293. The minimum Gasteiger partial charge on any atom is -0.435 e. The number of benzene rings is 1. The van der Waals surface area contributed by atoms with Crippen molar-refractivity contribution in [2.24, 2.45) is 0 Å². The first-order valence-corrected chi connectivity index (χ1v) is 5.31. The third-order valence-corrected chi connectivity index (χ3v) is 2.42. The normalized spacial score (nSPS) is 11.9. The molecule has 0 aliphatic carbocycles. The van der Waals surface area contributed by atoms with Crippen LogP contribution in [0.25, 0.3) is 22.7 Å². The number of aromatic amines is 1. The topological polar surface area (TPSA) is 51.0 Å². The van der Waals surface area contributed by atoms with Gasteiger partial charge >= 0.3 is 6.36 Å². The van der Waals surface area contributed by atoms with Crippen molar-refractivity contribution in [3.05, 3.63) is 36.5 Å². The van der Waals surface area contributed by atoms with Crippen LogP contribution >= 0.6 is 0 Å². The van der Waals surface area contributed by atoms with Gasteiger partial charge in [0.25, 0.3) is 0 Å². The van der Waals surface area contributed by atoms with Crippen LogP contribution in [0.5, 0.6) is 5.75 Å². The lowest BCUT2D eigenvalue weighted by Crippen LogP contribution is -2.16. The zero-order valence-electron chi connectivity index (χ0n) is 9.36. The summed E-state index contributed by atoms with van der Waals surface area (Å²) < 4.78 is 45.5. The van der Waals surface area contributed by atoms with E-state index in [1.165, 1.54) is 12.1 Å². The van der Waals surface area contributed by atoms with Gasteiger partial charge in [-0.2, -0.15) is 0 Å². The molecule has 4 nitrogen and oxygen atoms in total. The number of fused-ring (bicyclic) bond motifs is 1. The van der Waals surface area contributed by atoms with Gasteiger partial charge in [0, 0.05) is 12.3 Å². The molecule has 2 aromatic heterocycles. The number of oxazole rings is 1. The number of alkyl halides is 3. The summed E-state index contributed by atoms with van der Waals surface area (Å²) in [6, 6.07) is 7.27. The molecule has 0 aliphatic heterocycles. The summed E-state index contributed by atoms with van der Waals surface area (Å²) in [4.78, 5) is 7.06. The first kappa shape index (κ1) is 11.6. The Kier molecular flexibility index (Phi) is 2.48. The number of ether oxygens (including phenoxy) is 1. The van der Waals surface area contributed by atoms with Crippen LogP contribution < -0.4 is 4.74 Å². The Labute approximate surface area is 104 Å². The second-order valence-electron chi connectivity index (χ2n) is 3.78. The Balaban J connectivity index is 2.00. The van der Waals surface area contributed by atoms with Gasteiger partial charge in [0.05, 0.1) is 0 Å². The molecule has 1 aromatic carbocycles. The van der Waals surface area contributed by atoms with E-state index in [1.54, 1.807) is 18.3 Å². The molecular weight excluding hydrogens is 261 g/mol. The highest BCUT2D eigenvalue weighted by Gasteiger charge is 2.31. The number of nitrogens with one attached hydrogen (secondary N) is 1. The summed E-state index contributed by atoms with van der Waals surface area (Å²) in [5, 5.41) is 0. The van der Waals surface area contributed by atoms with Crippen molar-refractivity contribution in [1.82, 2.24) is 9.97 Å². The van der Waals surface area contributed by atoms with Crippen LogP contribution in [-0.4, -0.2) is 16.3 Å². The predicted octanol–water partition coefficient (Wildman–Crippen LogP) is 3.72. The molecule has 19 heavy (non-hydrogen) atoms. The zero-order valence-corrected chi connectivity index (χ0v) is 9.36. The fraction of sp³-hybridized carbons (Fsp3) is 0.0833. The van der Waals surface area contributed by atoms with E-state index in [4.69, 9.17) is 4.42 Å². The summed E-state index contributed by atoms with van der Waals surface area (Å²) >= 11 is 0. The van der Waals surface area contributed by atoms with Crippen LogP contribution in [0.2, 0.25) is 0 Å². The highest BCUT2D eigenvalue weighted by Crippen LogP contribution is 2.29. The molecule has 0 saturated carbocycles. The number of nitrogens with zero attached hydrogens (tertiary/aromatic N) is 1. The number of halogens is 3. The van der Waals surface area contributed by atoms with Gasteiger partial charge in [0.15, 0.2) is 5.58 Å². The third-order valence-electron chi connectivity index (χ3n) is 2.42. The molecule has 0 fully saturated rings. The largest absolute Gasteiger partial charge is 0.573 e. The van der Waals surface area contributed by atoms with Crippen molar-refractivity contribution in [3.8, 4) is 17.3 Å². The van der Waals surface area contributed by atoms with Crippen molar-refractivity contribution in [1.29, 1.82) is 0 Å². The number of hydrogen-bond acceptors (Lipinski definition) is 3. The molecule has 2 heterocycles. The average Bonchev–Trinajstić information content (AvgIpc) is 2.94. The predicted molar refractivity (Wildman–Crippen MR) is 60.5 cm³/mol. The van der Waals surface area contributed by atoms with E-state index >= 15 is 0 Å². The zero-order chi connectivity index (χ0) is 13.5. The molecule has 7 heteroatoms. The van der Waals surface area contributed by atoms with E-state index in [-0.39, 0.29) is 11.3 Å². The van der Waals surface area contributed by atoms with Gasteiger partial charge in [0.1, 0.15) is 17.0 Å². The second-order valence-corrected chi connectivity index (χ2v) is 3.78. The van der Waals surface area contributed by atoms with Crippen LogP contribution in [0.15, 0.2) is 40.9 Å². The fourth-order valence-electron chi connectivity index (χ4n) is 1.68. The maximum absolute atomic E-state index is 12.1. The fourth-order valence-corrected chi connectivity index (χ4v) is 1.68. The Morgan fingerprint density at radius 2 is 2.05 bits per heavy atom. The molecule has 1 N–H and O–H groups in total. The quantitative estimate of drug-likeness (QED) is 0.770. The number of rotatable bonds is 2. The van der Waals surface area contributed by atoms with Crippen molar-refractivity contribution in [2.45, 2.75) is 6.36 Å². The first-order chi connectivity index (χ1) is 9.01. The Morgan fingerprint density at radius 1 is 1.21 bits per heavy atom. The second kappa shape index (κ2) is 4.04. The van der Waals surface area contributed by atoms with Crippen molar-refractivity contribution in [2.75, 3.05) is 0 Å². The molecule has 3 aromatic rings. The molecule has 0 saturated heterocycles. The number of H-pyrrole nitrogens is 1. The van der Waals surface area contributed by atoms with Crippen molar-refractivity contribution in [3.63, 3.8) is 0 Å². The molecule has 98 valence electrons. The highest BCUT2D eigenvalue weighted by molar-refractivity contribution is 5.77. The summed E-state index contributed by atoms with van der Waals surface area (Å²) in [7, 11) is 0. The van der Waals surface area contributed by atoms with Crippen LogP contribution in [0, 0.1) is 0 Å². The van der Waals surface area contributed by atoms with Gasteiger partial charge < -0.3 is 14.1 Å². The lowest BCUT2D eigenvalue weighted by atomic mass is 10.3. The van der Waals surface area contributed by atoms with E-state index in [1.807, 2.05) is 0 Å². The van der Waals surface area contributed by atoms with E-state index in [0.717, 1.165) is 6.07 Å². The number of aromatic nitrogens is 2. The molecular formula is C12H7F3N2O2. The Hall–Kier alpha value is -2.44. The minimum absolute atomic E-state index is 0.228. The van der Waals surface area contributed by atoms with Crippen LogP contribution in [0.3, 0.4) is 0 Å². The molecule has 0 unspecified atom stereocenters. The van der Waals surface area contributed by atoms with Gasteiger partial charge in [-0.15, -0.1) is 13.2 Å². The first-order valence-electron chi connectivity index (χ1n) is 5.31. The third kappa shape index (κ3) is 2.40. The van der Waals surface area contributed by atoms with Crippen molar-refractivity contribution >= 4 is 11.1 Å². The maximum Gasteiger partial charge on any atom is 0.573 e. The molecule has 0 spiro atoms. The maximum atomic E-state index is 12.1. The number of hydrogen-bond donors (Lipinski definition) is 1. The lowest BCUT2D eigenvalue weighted by Gasteiger charge is -2.07. The monoisotopic (exact) mass is 268 g/mol. The average molecular weight is 268 g/mol. The van der Waals surface area contributed by atoms with E-state index in [2.05, 4.69) is 14.7 Å². The molecule has 0 amide bonds. The lowest BCUT2D eigenvalue weighted by molar-refractivity contribution is -0.274. The van der Waals surface area contributed by atoms with Gasteiger partial charge in [-0.1, -0.05) is 0 Å². The molecule has 0 radical (unpaired) electrons. The van der Waals surface area contributed by atoms with Gasteiger partial charge in [0.2, 0.25) is 5.89 Å². The highest BCUT2D eigenvalue weighted by atomic mass is 19.4. The van der Waals surface area contributed by atoms with Gasteiger partial charge in [-0.25, -0.2) is 4.98 Å². The van der Waals surface area contributed by atoms with Gasteiger partial charge in [-0.05, 0) is 24.3 Å². The summed E-state index contributed by atoms with van der Waals surface area (Å²) in [6.07, 6.45) is -3.03. The summed E-state index contributed by atoms with van der Waals surface area (Å²) in [6.45, 7) is 0. The van der Waals surface area contributed by atoms with E-state index in [0.29, 0.717) is 17.1 Å². The smallest absolute Gasteiger partial charge is 0.435 e. The molecule has 3 rings (SSSR count). The Bertz CT molecular complexity index is 701. The molecule has 0 aliphatic rings. The van der Waals surface area contributed by atoms with E-state index < -0.39 is 6.36 Å². The SMILES string of the molecule is FC(F)(F)Oc1ccc2nc(-c3ccc[nH]3)oc2c1. The molecule has 0 bridgehead atoms. The molecule has 0 atom stereocenters. The Morgan fingerprint density at radius 3 is 2.74 bits per heavy atom. The summed E-state index contributed by atoms with van der Waals surface area (Å²) in [5.41, 5.74) is 1.33. The van der Waals surface area contributed by atoms with Crippen LogP contribution in [0.4, 0.5) is 13.2 Å². The standard InChI is InChI=1S/C12H7F3N2O2/c13-12(14,15)19-7-3-4-8-10(6-7)18-11(17-8)9-2-1-5-16-9/h1-6,16H. The van der Waals surface area contributed by atoms with Crippen molar-refractivity contribution < 1.29 is 22.3 Å². The minimum atomic E-state index is -4.73. The van der Waals surface area contributed by atoms with Crippen LogP contribution in [-0.2, 0) is 0 Å². The van der Waals surface area contributed by atoms with Crippen LogP contribution in [0.1, 0.15) is 0 Å². The van der Waals surface area contributed by atoms with Gasteiger partial charge in [-0.3, -0.25) is 0 Å². The van der Waals surface area contributed by atoms with E-state index in [9.17, 15) is 13.2 Å².